The average Bonchev–Trinajstić information content (AvgIpc) is 3.01. The third-order valence-electron chi connectivity index (χ3n) is 3.16. The van der Waals surface area contributed by atoms with Crippen LogP contribution in [0.15, 0.2) is 33.3 Å². The molecule has 1 N–H and O–H groups in total. The van der Waals surface area contributed by atoms with E-state index in [2.05, 4.69) is 26.1 Å². The van der Waals surface area contributed by atoms with E-state index in [1.807, 2.05) is 24.3 Å². The van der Waals surface area contributed by atoms with Crippen LogP contribution in [-0.4, -0.2) is 32.9 Å². The smallest absolute Gasteiger partial charge is 0.233 e. The highest BCUT2D eigenvalue weighted by atomic mass is 79.9. The van der Waals surface area contributed by atoms with Gasteiger partial charge in [0.15, 0.2) is 5.82 Å². The van der Waals surface area contributed by atoms with E-state index in [4.69, 9.17) is 4.52 Å². The topological polar surface area (TPSA) is 59.2 Å². The number of thioether (sulfide) groups is 1. The van der Waals surface area contributed by atoms with Crippen molar-refractivity contribution in [2.75, 3.05) is 11.5 Å². The second-order valence-corrected chi connectivity index (χ2v) is 6.46. The van der Waals surface area contributed by atoms with Crippen molar-refractivity contribution >= 4 is 27.7 Å². The highest BCUT2D eigenvalue weighted by Crippen LogP contribution is 2.32. The summed E-state index contributed by atoms with van der Waals surface area (Å²) in [7, 11) is 0. The Morgan fingerprint density at radius 1 is 1.37 bits per heavy atom. The Labute approximate surface area is 123 Å². The number of hydrogen-bond acceptors (Lipinski definition) is 5. The summed E-state index contributed by atoms with van der Waals surface area (Å²) in [5.74, 6) is 2.78. The number of hydrogen-bond donors (Lipinski definition) is 1. The van der Waals surface area contributed by atoms with Crippen LogP contribution in [0.2, 0.25) is 0 Å². The number of nitrogens with zero attached hydrogens (tertiary/aromatic N) is 2. The van der Waals surface area contributed by atoms with Crippen molar-refractivity contribution in [1.82, 2.24) is 10.1 Å². The Morgan fingerprint density at radius 2 is 2.21 bits per heavy atom. The number of aliphatic hydroxyl groups excluding tert-OH is 1. The zero-order valence-corrected chi connectivity index (χ0v) is 12.5. The van der Waals surface area contributed by atoms with Gasteiger partial charge in [-0.2, -0.15) is 16.7 Å². The monoisotopic (exact) mass is 340 g/mol. The van der Waals surface area contributed by atoms with E-state index in [9.17, 15) is 5.11 Å². The number of benzene rings is 1. The number of aliphatic hydroxyl groups is 1. The Hall–Kier alpha value is -0.850. The minimum Gasteiger partial charge on any atom is -0.391 e. The van der Waals surface area contributed by atoms with E-state index in [1.54, 1.807) is 11.8 Å². The van der Waals surface area contributed by atoms with E-state index < -0.39 is 0 Å². The summed E-state index contributed by atoms with van der Waals surface area (Å²) in [6, 6.07) is 7.98. The quantitative estimate of drug-likeness (QED) is 0.930. The molecule has 0 spiro atoms. The molecule has 1 aliphatic heterocycles. The van der Waals surface area contributed by atoms with E-state index in [0.29, 0.717) is 18.1 Å². The molecule has 0 saturated carbocycles. The normalized spacial score (nSPS) is 22.8. The third-order valence-corrected chi connectivity index (χ3v) is 5.10. The molecule has 6 heteroatoms. The first kappa shape index (κ1) is 13.1. The molecule has 2 unspecified atom stereocenters. The maximum Gasteiger partial charge on any atom is 0.233 e. The SMILES string of the molecule is OC1CSCC1c1nc(Cc2ccccc2Br)no1. The van der Waals surface area contributed by atoms with Gasteiger partial charge < -0.3 is 9.63 Å². The molecule has 1 aromatic heterocycles. The standard InChI is InChI=1S/C13H13BrN2O2S/c14-10-4-2-1-3-8(10)5-12-15-13(18-16-12)9-6-19-7-11(9)17/h1-4,9,11,17H,5-7H2. The van der Waals surface area contributed by atoms with Crippen molar-refractivity contribution in [3.05, 3.63) is 46.0 Å². The summed E-state index contributed by atoms with van der Waals surface area (Å²) in [6.07, 6.45) is 0.253. The number of halogens is 1. The molecule has 2 heterocycles. The van der Waals surface area contributed by atoms with Crippen LogP contribution in [0.3, 0.4) is 0 Å². The lowest BCUT2D eigenvalue weighted by Gasteiger charge is -2.06. The van der Waals surface area contributed by atoms with Gasteiger partial charge in [0, 0.05) is 22.4 Å². The van der Waals surface area contributed by atoms with Crippen molar-refractivity contribution < 1.29 is 9.63 Å². The van der Waals surface area contributed by atoms with Crippen LogP contribution < -0.4 is 0 Å². The average molecular weight is 341 g/mol. The molecule has 2 aromatic rings. The molecular formula is C13H13BrN2O2S. The zero-order valence-electron chi connectivity index (χ0n) is 10.1. The minimum absolute atomic E-state index is 0.0227. The first-order chi connectivity index (χ1) is 9.24. The Kier molecular flexibility index (Phi) is 3.91. The van der Waals surface area contributed by atoms with Gasteiger partial charge in [-0.05, 0) is 11.6 Å². The number of rotatable bonds is 3. The Balaban J connectivity index is 1.77. The van der Waals surface area contributed by atoms with Crippen molar-refractivity contribution in [1.29, 1.82) is 0 Å². The van der Waals surface area contributed by atoms with Gasteiger partial charge in [0.1, 0.15) is 0 Å². The maximum absolute atomic E-state index is 9.83. The fourth-order valence-electron chi connectivity index (χ4n) is 2.08. The van der Waals surface area contributed by atoms with Gasteiger partial charge in [0.05, 0.1) is 12.0 Å². The molecule has 2 atom stereocenters. The van der Waals surface area contributed by atoms with Crippen LogP contribution in [0.25, 0.3) is 0 Å². The molecule has 1 saturated heterocycles. The van der Waals surface area contributed by atoms with Crippen molar-refractivity contribution in [3.8, 4) is 0 Å². The van der Waals surface area contributed by atoms with Gasteiger partial charge in [0.2, 0.25) is 5.89 Å². The molecular weight excluding hydrogens is 328 g/mol. The molecule has 1 fully saturated rings. The Bertz CT molecular complexity index is 575. The first-order valence-electron chi connectivity index (χ1n) is 6.06. The minimum atomic E-state index is -0.373. The van der Waals surface area contributed by atoms with Gasteiger partial charge in [-0.1, -0.05) is 39.3 Å². The number of aromatic nitrogens is 2. The van der Waals surface area contributed by atoms with Gasteiger partial charge in [-0.25, -0.2) is 0 Å². The second kappa shape index (κ2) is 5.64. The molecule has 0 radical (unpaired) electrons. The second-order valence-electron chi connectivity index (χ2n) is 4.53. The van der Waals surface area contributed by atoms with Crippen molar-refractivity contribution in [2.24, 2.45) is 0 Å². The van der Waals surface area contributed by atoms with Crippen LogP contribution >= 0.6 is 27.7 Å². The molecule has 0 aliphatic carbocycles. The van der Waals surface area contributed by atoms with Crippen molar-refractivity contribution in [2.45, 2.75) is 18.4 Å². The van der Waals surface area contributed by atoms with Crippen LogP contribution in [0.1, 0.15) is 23.2 Å². The lowest BCUT2D eigenvalue weighted by Crippen LogP contribution is -2.15. The van der Waals surface area contributed by atoms with E-state index in [1.165, 1.54) is 0 Å². The van der Waals surface area contributed by atoms with E-state index >= 15 is 0 Å². The highest BCUT2D eigenvalue weighted by molar-refractivity contribution is 9.10. The summed E-state index contributed by atoms with van der Waals surface area (Å²) in [5.41, 5.74) is 1.12. The predicted molar refractivity (Wildman–Crippen MR) is 77.3 cm³/mol. The van der Waals surface area contributed by atoms with Gasteiger partial charge in [0.25, 0.3) is 0 Å². The molecule has 0 amide bonds. The molecule has 3 rings (SSSR count). The van der Waals surface area contributed by atoms with Gasteiger partial charge in [-0.15, -0.1) is 0 Å². The molecule has 4 nitrogen and oxygen atoms in total. The predicted octanol–water partition coefficient (Wildman–Crippen LogP) is 2.61. The fraction of sp³-hybridized carbons (Fsp3) is 0.385. The third kappa shape index (κ3) is 2.85. The molecule has 100 valence electrons. The lowest BCUT2D eigenvalue weighted by molar-refractivity contribution is 0.164. The van der Waals surface area contributed by atoms with E-state index in [0.717, 1.165) is 21.5 Å². The summed E-state index contributed by atoms with van der Waals surface area (Å²) in [6.45, 7) is 0. The van der Waals surface area contributed by atoms with E-state index in [-0.39, 0.29) is 12.0 Å². The van der Waals surface area contributed by atoms with Crippen LogP contribution in [0, 0.1) is 0 Å². The molecule has 1 aromatic carbocycles. The Morgan fingerprint density at radius 3 is 2.95 bits per heavy atom. The zero-order chi connectivity index (χ0) is 13.2. The van der Waals surface area contributed by atoms with Crippen LogP contribution in [0.5, 0.6) is 0 Å². The maximum atomic E-state index is 9.83. The van der Waals surface area contributed by atoms with Crippen LogP contribution in [0.4, 0.5) is 0 Å². The fourth-order valence-corrected chi connectivity index (χ4v) is 3.73. The summed E-state index contributed by atoms with van der Waals surface area (Å²) >= 11 is 5.22. The molecule has 19 heavy (non-hydrogen) atoms. The molecule has 0 bridgehead atoms. The summed E-state index contributed by atoms with van der Waals surface area (Å²) in [5, 5.41) is 13.8. The summed E-state index contributed by atoms with van der Waals surface area (Å²) in [4.78, 5) is 4.41. The van der Waals surface area contributed by atoms with Gasteiger partial charge in [-0.3, -0.25) is 0 Å². The summed E-state index contributed by atoms with van der Waals surface area (Å²) < 4.78 is 6.32. The largest absolute Gasteiger partial charge is 0.391 e. The first-order valence-corrected chi connectivity index (χ1v) is 8.00. The highest BCUT2D eigenvalue weighted by Gasteiger charge is 2.32. The van der Waals surface area contributed by atoms with Crippen molar-refractivity contribution in [3.63, 3.8) is 0 Å². The van der Waals surface area contributed by atoms with Crippen LogP contribution in [-0.2, 0) is 6.42 Å². The molecule has 1 aliphatic rings. The van der Waals surface area contributed by atoms with Gasteiger partial charge >= 0.3 is 0 Å². The lowest BCUT2D eigenvalue weighted by atomic mass is 10.1.